The zero-order valence-electron chi connectivity index (χ0n) is 11.6. The molecule has 0 fully saturated rings. The molecule has 0 atom stereocenters. The highest BCUT2D eigenvalue weighted by Crippen LogP contribution is 2.34. The van der Waals surface area contributed by atoms with Gasteiger partial charge in [0.05, 0.1) is 10.5 Å². The monoisotopic (exact) mass is 298 g/mol. The highest BCUT2D eigenvalue weighted by atomic mass is 35.5. The lowest BCUT2D eigenvalue weighted by Gasteiger charge is -2.11. The molecule has 0 saturated heterocycles. The third kappa shape index (κ3) is 2.84. The van der Waals surface area contributed by atoms with Gasteiger partial charge in [-0.1, -0.05) is 29.8 Å². The standard InChI is InChI=1S/C17H15ClN2O/c1-11-8-17(13-4-2-3-5-15(13)20-11)21-16-7-6-12(10-19)9-14(16)18/h2-9H,10,19H2,1H3. The van der Waals surface area contributed by atoms with Crippen molar-refractivity contribution in [2.24, 2.45) is 5.73 Å². The first-order chi connectivity index (χ1) is 10.2. The molecule has 0 amide bonds. The van der Waals surface area contributed by atoms with Crippen molar-refractivity contribution in [3.05, 3.63) is 64.8 Å². The summed E-state index contributed by atoms with van der Waals surface area (Å²) in [5.41, 5.74) is 8.39. The second-order valence-corrected chi connectivity index (χ2v) is 5.26. The SMILES string of the molecule is Cc1cc(Oc2ccc(CN)cc2Cl)c2ccccc2n1. The van der Waals surface area contributed by atoms with Crippen molar-refractivity contribution in [2.45, 2.75) is 13.5 Å². The van der Waals surface area contributed by atoms with Crippen molar-refractivity contribution in [1.29, 1.82) is 0 Å². The molecule has 4 heteroatoms. The van der Waals surface area contributed by atoms with Crippen LogP contribution in [0.1, 0.15) is 11.3 Å². The number of aryl methyl sites for hydroxylation is 1. The van der Waals surface area contributed by atoms with E-state index in [9.17, 15) is 0 Å². The van der Waals surface area contributed by atoms with Crippen LogP contribution in [-0.2, 0) is 6.54 Å². The molecule has 2 N–H and O–H groups in total. The number of para-hydroxylation sites is 1. The van der Waals surface area contributed by atoms with Crippen LogP contribution in [0.2, 0.25) is 5.02 Å². The number of benzene rings is 2. The van der Waals surface area contributed by atoms with Crippen molar-refractivity contribution in [1.82, 2.24) is 4.98 Å². The van der Waals surface area contributed by atoms with E-state index in [1.54, 1.807) is 0 Å². The summed E-state index contributed by atoms with van der Waals surface area (Å²) in [5, 5.41) is 1.51. The quantitative estimate of drug-likeness (QED) is 0.777. The second kappa shape index (κ2) is 5.72. The largest absolute Gasteiger partial charge is 0.455 e. The molecule has 3 rings (SSSR count). The molecular formula is C17H15ClN2O. The molecule has 1 aromatic heterocycles. The minimum atomic E-state index is 0.456. The lowest BCUT2D eigenvalue weighted by molar-refractivity contribution is 0.487. The first-order valence-corrected chi connectivity index (χ1v) is 7.08. The molecule has 0 saturated carbocycles. The molecule has 0 aliphatic rings. The molecular weight excluding hydrogens is 284 g/mol. The van der Waals surface area contributed by atoms with E-state index in [1.807, 2.05) is 55.5 Å². The Morgan fingerprint density at radius 2 is 1.90 bits per heavy atom. The fraction of sp³-hybridized carbons (Fsp3) is 0.118. The van der Waals surface area contributed by atoms with Gasteiger partial charge in [0.15, 0.2) is 0 Å². The van der Waals surface area contributed by atoms with Crippen LogP contribution in [0, 0.1) is 6.92 Å². The number of nitrogens with zero attached hydrogens (tertiary/aromatic N) is 1. The van der Waals surface area contributed by atoms with Crippen molar-refractivity contribution in [2.75, 3.05) is 0 Å². The third-order valence-corrected chi connectivity index (χ3v) is 3.55. The summed E-state index contributed by atoms with van der Waals surface area (Å²) in [7, 11) is 0. The van der Waals surface area contributed by atoms with Crippen molar-refractivity contribution >= 4 is 22.5 Å². The van der Waals surface area contributed by atoms with E-state index in [2.05, 4.69) is 4.98 Å². The highest BCUT2D eigenvalue weighted by Gasteiger charge is 2.09. The Kier molecular flexibility index (Phi) is 3.78. The van der Waals surface area contributed by atoms with Crippen LogP contribution >= 0.6 is 11.6 Å². The van der Waals surface area contributed by atoms with E-state index >= 15 is 0 Å². The summed E-state index contributed by atoms with van der Waals surface area (Å²) < 4.78 is 5.99. The van der Waals surface area contributed by atoms with Gasteiger partial charge in [-0.2, -0.15) is 0 Å². The van der Waals surface area contributed by atoms with Crippen LogP contribution in [0.4, 0.5) is 0 Å². The number of ether oxygens (including phenoxy) is 1. The zero-order valence-corrected chi connectivity index (χ0v) is 12.4. The Hall–Kier alpha value is -2.10. The summed E-state index contributed by atoms with van der Waals surface area (Å²) in [6.45, 7) is 2.40. The maximum Gasteiger partial charge on any atom is 0.146 e. The predicted molar refractivity (Wildman–Crippen MR) is 85.9 cm³/mol. The first-order valence-electron chi connectivity index (χ1n) is 6.70. The summed E-state index contributed by atoms with van der Waals surface area (Å²) >= 11 is 6.25. The van der Waals surface area contributed by atoms with E-state index < -0.39 is 0 Å². The maximum absolute atomic E-state index is 6.25. The van der Waals surface area contributed by atoms with Crippen LogP contribution in [0.5, 0.6) is 11.5 Å². The average molecular weight is 299 g/mol. The third-order valence-electron chi connectivity index (χ3n) is 3.26. The lowest BCUT2D eigenvalue weighted by Crippen LogP contribution is -1.96. The van der Waals surface area contributed by atoms with E-state index in [0.717, 1.165) is 27.9 Å². The molecule has 0 aliphatic heterocycles. The number of hydrogen-bond donors (Lipinski definition) is 1. The Morgan fingerprint density at radius 1 is 1.10 bits per heavy atom. The van der Waals surface area contributed by atoms with Gasteiger partial charge in [0.1, 0.15) is 11.5 Å². The Labute approximate surface area is 128 Å². The van der Waals surface area contributed by atoms with E-state index in [4.69, 9.17) is 22.1 Å². The van der Waals surface area contributed by atoms with Gasteiger partial charge in [-0.15, -0.1) is 0 Å². The van der Waals surface area contributed by atoms with Gasteiger partial charge in [0.25, 0.3) is 0 Å². The first kappa shape index (κ1) is 13.9. The van der Waals surface area contributed by atoms with Crippen LogP contribution in [0.3, 0.4) is 0 Å². The normalized spacial score (nSPS) is 10.8. The molecule has 0 radical (unpaired) electrons. The molecule has 0 bridgehead atoms. The van der Waals surface area contributed by atoms with Crippen LogP contribution in [0.15, 0.2) is 48.5 Å². The highest BCUT2D eigenvalue weighted by molar-refractivity contribution is 6.32. The van der Waals surface area contributed by atoms with Gasteiger partial charge in [0.2, 0.25) is 0 Å². The van der Waals surface area contributed by atoms with Crippen LogP contribution in [-0.4, -0.2) is 4.98 Å². The Balaban J connectivity index is 2.05. The van der Waals surface area contributed by atoms with Crippen molar-refractivity contribution in [3.63, 3.8) is 0 Å². The van der Waals surface area contributed by atoms with Gasteiger partial charge >= 0.3 is 0 Å². The van der Waals surface area contributed by atoms with E-state index in [-0.39, 0.29) is 0 Å². The minimum absolute atomic E-state index is 0.456. The molecule has 0 aliphatic carbocycles. The van der Waals surface area contributed by atoms with Crippen molar-refractivity contribution < 1.29 is 4.74 Å². The number of aromatic nitrogens is 1. The minimum Gasteiger partial charge on any atom is -0.455 e. The Bertz CT molecular complexity index is 802. The molecule has 106 valence electrons. The van der Waals surface area contributed by atoms with E-state index in [0.29, 0.717) is 17.3 Å². The molecule has 3 nitrogen and oxygen atoms in total. The molecule has 1 heterocycles. The summed E-state index contributed by atoms with van der Waals surface area (Å²) in [4.78, 5) is 4.50. The molecule has 2 aromatic carbocycles. The average Bonchev–Trinajstić information content (AvgIpc) is 2.49. The molecule has 0 unspecified atom stereocenters. The topological polar surface area (TPSA) is 48.1 Å². The number of hydrogen-bond acceptors (Lipinski definition) is 3. The number of fused-ring (bicyclic) bond motifs is 1. The summed E-state index contributed by atoms with van der Waals surface area (Å²) in [5.74, 6) is 1.37. The van der Waals surface area contributed by atoms with Gasteiger partial charge in [-0.3, -0.25) is 4.98 Å². The van der Waals surface area contributed by atoms with Gasteiger partial charge in [-0.05, 0) is 36.8 Å². The molecule has 3 aromatic rings. The van der Waals surface area contributed by atoms with Gasteiger partial charge < -0.3 is 10.5 Å². The molecule has 0 spiro atoms. The van der Waals surface area contributed by atoms with Crippen molar-refractivity contribution in [3.8, 4) is 11.5 Å². The number of nitrogens with two attached hydrogens (primary N) is 1. The lowest BCUT2D eigenvalue weighted by atomic mass is 10.2. The maximum atomic E-state index is 6.25. The number of halogens is 1. The number of rotatable bonds is 3. The van der Waals surface area contributed by atoms with Crippen LogP contribution in [0.25, 0.3) is 10.9 Å². The number of pyridine rings is 1. The summed E-state index contributed by atoms with van der Waals surface area (Å²) in [6.07, 6.45) is 0. The zero-order chi connectivity index (χ0) is 14.8. The fourth-order valence-electron chi connectivity index (χ4n) is 2.23. The van der Waals surface area contributed by atoms with Crippen LogP contribution < -0.4 is 10.5 Å². The molecule has 21 heavy (non-hydrogen) atoms. The Morgan fingerprint density at radius 3 is 2.67 bits per heavy atom. The summed E-state index contributed by atoms with van der Waals surface area (Å²) in [6, 6.07) is 15.4. The smallest absolute Gasteiger partial charge is 0.146 e. The van der Waals surface area contributed by atoms with Gasteiger partial charge in [-0.25, -0.2) is 0 Å². The fourth-order valence-corrected chi connectivity index (χ4v) is 2.47. The van der Waals surface area contributed by atoms with E-state index in [1.165, 1.54) is 0 Å². The second-order valence-electron chi connectivity index (χ2n) is 4.85. The predicted octanol–water partition coefficient (Wildman–Crippen LogP) is 4.45. The van der Waals surface area contributed by atoms with Gasteiger partial charge in [0, 0.05) is 23.7 Å².